The summed E-state index contributed by atoms with van der Waals surface area (Å²) in [5.74, 6) is 1.52. The molecule has 0 radical (unpaired) electrons. The number of nitrogens with one attached hydrogen (secondary N) is 1. The van der Waals surface area contributed by atoms with Crippen molar-refractivity contribution in [2.45, 2.75) is 25.3 Å². The van der Waals surface area contributed by atoms with Crippen molar-refractivity contribution in [2.24, 2.45) is 0 Å². The molecule has 0 unspecified atom stereocenters. The first-order valence-electron chi connectivity index (χ1n) is 7.22. The molecule has 0 bridgehead atoms. The van der Waals surface area contributed by atoms with Gasteiger partial charge in [-0.3, -0.25) is 0 Å². The third-order valence-electron chi connectivity index (χ3n) is 3.48. The van der Waals surface area contributed by atoms with Crippen LogP contribution >= 0.6 is 11.6 Å². The molecule has 5 heteroatoms. The Kier molecular flexibility index (Phi) is 4.65. The van der Waals surface area contributed by atoms with Crippen LogP contribution in [0.15, 0.2) is 12.1 Å². The van der Waals surface area contributed by atoms with Gasteiger partial charge in [-0.1, -0.05) is 11.6 Å². The van der Waals surface area contributed by atoms with Crippen LogP contribution in [0.2, 0.25) is 5.02 Å². The zero-order valence-electron chi connectivity index (χ0n) is 11.5. The first-order chi connectivity index (χ1) is 9.83. The molecule has 0 saturated heterocycles. The fourth-order valence-electron chi connectivity index (χ4n) is 2.20. The molecule has 0 atom stereocenters. The van der Waals surface area contributed by atoms with Gasteiger partial charge < -0.3 is 19.5 Å². The lowest BCUT2D eigenvalue weighted by Crippen LogP contribution is -2.22. The van der Waals surface area contributed by atoms with Crippen molar-refractivity contribution in [3.05, 3.63) is 22.7 Å². The molecule has 0 aromatic heterocycles. The van der Waals surface area contributed by atoms with Gasteiger partial charge in [0.05, 0.1) is 13.2 Å². The third kappa shape index (κ3) is 3.78. The van der Waals surface area contributed by atoms with E-state index in [4.69, 9.17) is 25.8 Å². The summed E-state index contributed by atoms with van der Waals surface area (Å²) in [7, 11) is 0. The Morgan fingerprint density at radius 1 is 1.15 bits per heavy atom. The number of halogens is 1. The highest BCUT2D eigenvalue weighted by Crippen LogP contribution is 2.35. The Morgan fingerprint density at radius 3 is 2.65 bits per heavy atom. The Morgan fingerprint density at radius 2 is 1.90 bits per heavy atom. The molecule has 0 amide bonds. The lowest BCUT2D eigenvalue weighted by atomic mass is 10.1. The van der Waals surface area contributed by atoms with E-state index >= 15 is 0 Å². The molecule has 1 fully saturated rings. The Bertz CT molecular complexity index is 463. The summed E-state index contributed by atoms with van der Waals surface area (Å²) in [5.41, 5.74) is 1.05. The lowest BCUT2D eigenvalue weighted by Gasteiger charge is -2.19. The van der Waals surface area contributed by atoms with Crippen molar-refractivity contribution in [3.8, 4) is 11.5 Å². The van der Waals surface area contributed by atoms with Crippen molar-refractivity contribution in [2.75, 3.05) is 33.0 Å². The number of hydrogen-bond donors (Lipinski definition) is 1. The standard InChI is InChI=1S/C15H20ClNO3/c16-13-10-15-14(19-7-8-20-15)9-11(13)3-5-18-6-4-17-12-1-2-12/h9-10,12,17H,1-8H2. The van der Waals surface area contributed by atoms with E-state index in [1.165, 1.54) is 12.8 Å². The molecule has 1 aromatic carbocycles. The van der Waals surface area contributed by atoms with Crippen molar-refractivity contribution in [3.63, 3.8) is 0 Å². The second-order valence-electron chi connectivity index (χ2n) is 5.18. The van der Waals surface area contributed by atoms with Crippen LogP contribution in [0.4, 0.5) is 0 Å². The highest BCUT2D eigenvalue weighted by molar-refractivity contribution is 6.31. The quantitative estimate of drug-likeness (QED) is 0.785. The zero-order valence-corrected chi connectivity index (χ0v) is 12.2. The first-order valence-corrected chi connectivity index (χ1v) is 7.60. The number of rotatable bonds is 7. The molecular weight excluding hydrogens is 278 g/mol. The largest absolute Gasteiger partial charge is 0.486 e. The summed E-state index contributed by atoms with van der Waals surface area (Å²) in [6, 6.07) is 4.54. The van der Waals surface area contributed by atoms with Gasteiger partial charge in [-0.15, -0.1) is 0 Å². The Balaban J connectivity index is 1.44. The van der Waals surface area contributed by atoms with E-state index in [2.05, 4.69) is 5.32 Å². The molecule has 20 heavy (non-hydrogen) atoms. The summed E-state index contributed by atoms with van der Waals surface area (Å²) >= 11 is 6.25. The second-order valence-corrected chi connectivity index (χ2v) is 5.59. The van der Waals surface area contributed by atoms with Crippen LogP contribution in [-0.2, 0) is 11.2 Å². The maximum absolute atomic E-state index is 6.25. The van der Waals surface area contributed by atoms with E-state index in [1.807, 2.05) is 12.1 Å². The molecule has 1 N–H and O–H groups in total. The van der Waals surface area contributed by atoms with Crippen molar-refractivity contribution < 1.29 is 14.2 Å². The predicted octanol–water partition coefficient (Wildman–Crippen LogP) is 2.42. The van der Waals surface area contributed by atoms with Gasteiger partial charge >= 0.3 is 0 Å². The predicted molar refractivity (Wildman–Crippen MR) is 78.0 cm³/mol. The normalized spacial score (nSPS) is 17.2. The molecule has 3 rings (SSSR count). The highest BCUT2D eigenvalue weighted by Gasteiger charge is 2.19. The van der Waals surface area contributed by atoms with Gasteiger partial charge in [-0.25, -0.2) is 0 Å². The fraction of sp³-hybridized carbons (Fsp3) is 0.600. The van der Waals surface area contributed by atoms with Crippen LogP contribution in [0.5, 0.6) is 11.5 Å². The molecular formula is C15H20ClNO3. The van der Waals surface area contributed by atoms with Crippen LogP contribution < -0.4 is 14.8 Å². The molecule has 4 nitrogen and oxygen atoms in total. The fourth-order valence-corrected chi connectivity index (χ4v) is 2.45. The van der Waals surface area contributed by atoms with Gasteiger partial charge in [0, 0.05) is 23.7 Å². The van der Waals surface area contributed by atoms with Crippen molar-refractivity contribution >= 4 is 11.6 Å². The van der Waals surface area contributed by atoms with Crippen LogP contribution in [0, 0.1) is 0 Å². The first kappa shape index (κ1) is 14.0. The molecule has 1 saturated carbocycles. The SMILES string of the molecule is Clc1cc2c(cc1CCOCCNC1CC1)OCCO2. The monoisotopic (exact) mass is 297 g/mol. The number of benzene rings is 1. The average Bonchev–Trinajstić information content (AvgIpc) is 3.27. The molecule has 1 aliphatic carbocycles. The van der Waals surface area contributed by atoms with Gasteiger partial charge in [0.1, 0.15) is 13.2 Å². The molecule has 1 heterocycles. The van der Waals surface area contributed by atoms with Crippen LogP contribution in [0.1, 0.15) is 18.4 Å². The van der Waals surface area contributed by atoms with E-state index < -0.39 is 0 Å². The summed E-state index contributed by atoms with van der Waals surface area (Å²) in [6.45, 7) is 3.53. The number of hydrogen-bond acceptors (Lipinski definition) is 4. The summed E-state index contributed by atoms with van der Waals surface area (Å²) < 4.78 is 16.7. The van der Waals surface area contributed by atoms with E-state index in [0.717, 1.165) is 42.7 Å². The molecule has 1 aromatic rings. The number of ether oxygens (including phenoxy) is 3. The van der Waals surface area contributed by atoms with E-state index in [-0.39, 0.29) is 0 Å². The van der Waals surface area contributed by atoms with Crippen LogP contribution in [-0.4, -0.2) is 39.0 Å². The van der Waals surface area contributed by atoms with Gasteiger partial charge in [-0.2, -0.15) is 0 Å². The molecule has 1 aliphatic heterocycles. The summed E-state index contributed by atoms with van der Waals surface area (Å²) in [5, 5.41) is 4.14. The Labute approximate surface area is 124 Å². The van der Waals surface area contributed by atoms with Gasteiger partial charge in [0.15, 0.2) is 11.5 Å². The minimum absolute atomic E-state index is 0.583. The van der Waals surface area contributed by atoms with E-state index in [9.17, 15) is 0 Å². The average molecular weight is 298 g/mol. The smallest absolute Gasteiger partial charge is 0.162 e. The Hall–Kier alpha value is -0.970. The van der Waals surface area contributed by atoms with Crippen LogP contribution in [0.25, 0.3) is 0 Å². The van der Waals surface area contributed by atoms with Crippen molar-refractivity contribution in [1.82, 2.24) is 5.32 Å². The molecule has 110 valence electrons. The second kappa shape index (κ2) is 6.66. The maximum Gasteiger partial charge on any atom is 0.162 e. The highest BCUT2D eigenvalue weighted by atomic mass is 35.5. The topological polar surface area (TPSA) is 39.7 Å². The van der Waals surface area contributed by atoms with Gasteiger partial charge in [0.25, 0.3) is 0 Å². The molecule has 0 spiro atoms. The minimum Gasteiger partial charge on any atom is -0.486 e. The van der Waals surface area contributed by atoms with Gasteiger partial charge in [0.2, 0.25) is 0 Å². The molecule has 2 aliphatic rings. The zero-order chi connectivity index (χ0) is 13.8. The van der Waals surface area contributed by atoms with E-state index in [0.29, 0.717) is 24.8 Å². The van der Waals surface area contributed by atoms with E-state index in [1.54, 1.807) is 0 Å². The number of fused-ring (bicyclic) bond motifs is 1. The van der Waals surface area contributed by atoms with Crippen LogP contribution in [0.3, 0.4) is 0 Å². The maximum atomic E-state index is 6.25. The van der Waals surface area contributed by atoms with Gasteiger partial charge in [-0.05, 0) is 30.9 Å². The summed E-state index contributed by atoms with van der Waals surface area (Å²) in [6.07, 6.45) is 3.42. The lowest BCUT2D eigenvalue weighted by molar-refractivity contribution is 0.138. The third-order valence-corrected chi connectivity index (χ3v) is 3.84. The minimum atomic E-state index is 0.583. The van der Waals surface area contributed by atoms with Crippen molar-refractivity contribution in [1.29, 1.82) is 0 Å². The summed E-state index contributed by atoms with van der Waals surface area (Å²) in [4.78, 5) is 0.